The molecule has 2 rings (SSSR count). The van der Waals surface area contributed by atoms with Gasteiger partial charge in [-0.15, -0.1) is 0 Å². The number of nitrogens with two attached hydrogens (primary N) is 1. The molecule has 2 nitrogen and oxygen atoms in total. The Hall–Kier alpha value is -1.35. The molecule has 0 atom stereocenters. The van der Waals surface area contributed by atoms with Gasteiger partial charge in [-0.2, -0.15) is 0 Å². The molecule has 1 heterocycles. The highest BCUT2D eigenvalue weighted by molar-refractivity contribution is 6.31. The summed E-state index contributed by atoms with van der Waals surface area (Å²) in [6.07, 6.45) is 0. The van der Waals surface area contributed by atoms with Gasteiger partial charge in [-0.25, -0.2) is 9.37 Å². The van der Waals surface area contributed by atoms with Gasteiger partial charge < -0.3 is 5.73 Å². The number of hydrogen-bond donors (Lipinski definition) is 1. The van der Waals surface area contributed by atoms with Gasteiger partial charge >= 0.3 is 0 Å². The lowest BCUT2D eigenvalue weighted by Crippen LogP contribution is -1.99. The molecule has 0 fully saturated rings. The number of benzene rings is 1. The van der Waals surface area contributed by atoms with Crippen LogP contribution in [0.2, 0.25) is 5.02 Å². The molecule has 0 amide bonds. The van der Waals surface area contributed by atoms with Crippen LogP contribution in [0.1, 0.15) is 11.3 Å². The van der Waals surface area contributed by atoms with Crippen molar-refractivity contribution in [2.75, 3.05) is 5.73 Å². The van der Waals surface area contributed by atoms with Crippen molar-refractivity contribution in [1.82, 2.24) is 4.98 Å². The van der Waals surface area contributed by atoms with E-state index in [1.54, 1.807) is 13.0 Å². The molecule has 1 aromatic carbocycles. The first-order valence-electron chi connectivity index (χ1n) is 4.52. The summed E-state index contributed by atoms with van der Waals surface area (Å²) in [5.74, 6) is -0.510. The summed E-state index contributed by atoms with van der Waals surface area (Å²) in [6.45, 7) is 3.66. The van der Waals surface area contributed by atoms with Crippen LogP contribution in [-0.2, 0) is 0 Å². The van der Waals surface area contributed by atoms with Crippen LogP contribution in [0, 0.1) is 19.7 Å². The van der Waals surface area contributed by atoms with E-state index in [0.29, 0.717) is 11.1 Å². The third-order valence-corrected chi connectivity index (χ3v) is 2.88. The second-order valence-corrected chi connectivity index (χ2v) is 3.90. The number of nitrogens with zero attached hydrogens (tertiary/aromatic N) is 1. The number of halogens is 2. The number of hydrogen-bond acceptors (Lipinski definition) is 2. The molecule has 1 aromatic heterocycles. The van der Waals surface area contributed by atoms with Gasteiger partial charge in [-0.05, 0) is 31.5 Å². The van der Waals surface area contributed by atoms with E-state index in [1.165, 1.54) is 6.07 Å². The molecule has 2 aromatic rings. The Morgan fingerprint density at radius 1 is 1.33 bits per heavy atom. The molecule has 78 valence electrons. The van der Waals surface area contributed by atoms with Crippen molar-refractivity contribution in [3.63, 3.8) is 0 Å². The first-order chi connectivity index (χ1) is 7.02. The van der Waals surface area contributed by atoms with Gasteiger partial charge in [0.25, 0.3) is 0 Å². The Morgan fingerprint density at radius 2 is 2.00 bits per heavy atom. The average molecular weight is 225 g/mol. The molecule has 0 aliphatic carbocycles. The summed E-state index contributed by atoms with van der Waals surface area (Å²) in [7, 11) is 0. The van der Waals surface area contributed by atoms with E-state index in [-0.39, 0.29) is 10.5 Å². The van der Waals surface area contributed by atoms with Crippen LogP contribution in [0.3, 0.4) is 0 Å². The van der Waals surface area contributed by atoms with E-state index in [9.17, 15) is 4.39 Å². The van der Waals surface area contributed by atoms with Crippen molar-refractivity contribution in [2.45, 2.75) is 13.8 Å². The van der Waals surface area contributed by atoms with Gasteiger partial charge in [-0.3, -0.25) is 0 Å². The van der Waals surface area contributed by atoms with Crippen LogP contribution in [0.25, 0.3) is 10.9 Å². The van der Waals surface area contributed by atoms with Gasteiger partial charge in [0.05, 0.1) is 5.02 Å². The lowest BCUT2D eigenvalue weighted by molar-refractivity contribution is 0.637. The number of aryl methyl sites for hydroxylation is 1. The van der Waals surface area contributed by atoms with Crippen molar-refractivity contribution in [3.8, 4) is 0 Å². The predicted molar refractivity (Wildman–Crippen MR) is 60.6 cm³/mol. The number of fused-ring (bicyclic) bond motifs is 1. The van der Waals surface area contributed by atoms with E-state index in [4.69, 9.17) is 17.3 Å². The van der Waals surface area contributed by atoms with Crippen LogP contribution in [0.5, 0.6) is 0 Å². The zero-order chi connectivity index (χ0) is 11.2. The third-order valence-electron chi connectivity index (χ3n) is 2.59. The Morgan fingerprint density at radius 3 is 2.67 bits per heavy atom. The number of aromatic nitrogens is 1. The first-order valence-corrected chi connectivity index (χ1v) is 4.90. The molecule has 15 heavy (non-hydrogen) atoms. The lowest BCUT2D eigenvalue weighted by Gasteiger charge is -2.09. The first kappa shape index (κ1) is 10.2. The standard InChI is InChI=1S/C11H10ClFN2/c1-5-6(2)15-11-7(10(5)14)3-4-8(12)9(11)13/h3-4H,1-2H3,(H2,14,15). The molecule has 0 aliphatic rings. The predicted octanol–water partition coefficient (Wildman–Crippen LogP) is 3.23. The van der Waals surface area contributed by atoms with Crippen LogP contribution >= 0.6 is 11.6 Å². The number of anilines is 1. The Labute approximate surface area is 91.9 Å². The summed E-state index contributed by atoms with van der Waals surface area (Å²) >= 11 is 5.68. The zero-order valence-electron chi connectivity index (χ0n) is 8.44. The lowest BCUT2D eigenvalue weighted by atomic mass is 10.1. The van der Waals surface area contributed by atoms with Crippen molar-refractivity contribution in [2.24, 2.45) is 0 Å². The maximum atomic E-state index is 13.6. The van der Waals surface area contributed by atoms with Gasteiger partial charge in [0.2, 0.25) is 0 Å². The van der Waals surface area contributed by atoms with Crippen LogP contribution in [-0.4, -0.2) is 4.98 Å². The minimum absolute atomic E-state index is 0.0673. The maximum Gasteiger partial charge on any atom is 0.168 e. The van der Waals surface area contributed by atoms with E-state index in [0.717, 1.165) is 11.3 Å². The third kappa shape index (κ3) is 1.43. The van der Waals surface area contributed by atoms with Crippen molar-refractivity contribution >= 4 is 28.2 Å². The summed E-state index contributed by atoms with van der Waals surface area (Å²) in [4.78, 5) is 4.16. The average Bonchev–Trinajstić information content (AvgIpc) is 2.21. The Kier molecular flexibility index (Phi) is 2.27. The second-order valence-electron chi connectivity index (χ2n) is 3.49. The minimum Gasteiger partial charge on any atom is -0.398 e. The zero-order valence-corrected chi connectivity index (χ0v) is 9.19. The highest BCUT2D eigenvalue weighted by Crippen LogP contribution is 2.29. The van der Waals surface area contributed by atoms with Crippen molar-refractivity contribution in [1.29, 1.82) is 0 Å². The molecule has 0 bridgehead atoms. The summed E-state index contributed by atoms with van der Waals surface area (Å²) in [5.41, 5.74) is 8.29. The van der Waals surface area contributed by atoms with Gasteiger partial charge in [-0.1, -0.05) is 11.6 Å². The van der Waals surface area contributed by atoms with Crippen molar-refractivity contribution in [3.05, 3.63) is 34.2 Å². The molecule has 2 N–H and O–H groups in total. The molecule has 0 saturated heterocycles. The fraction of sp³-hybridized carbons (Fsp3) is 0.182. The van der Waals surface area contributed by atoms with Gasteiger partial charge in [0, 0.05) is 16.8 Å². The van der Waals surface area contributed by atoms with E-state index in [1.807, 2.05) is 6.92 Å². The number of rotatable bonds is 0. The molecule has 0 saturated carbocycles. The number of pyridine rings is 1. The molecule has 4 heteroatoms. The molecular formula is C11H10ClFN2. The smallest absolute Gasteiger partial charge is 0.168 e. The minimum atomic E-state index is -0.510. The van der Waals surface area contributed by atoms with Crippen LogP contribution in [0.15, 0.2) is 12.1 Å². The van der Waals surface area contributed by atoms with Gasteiger partial charge in [0.15, 0.2) is 5.82 Å². The van der Waals surface area contributed by atoms with Gasteiger partial charge in [0.1, 0.15) is 5.52 Å². The Balaban J connectivity index is 2.98. The fourth-order valence-corrected chi connectivity index (χ4v) is 1.67. The summed E-state index contributed by atoms with van der Waals surface area (Å²) in [6, 6.07) is 3.18. The maximum absolute atomic E-state index is 13.6. The number of nitrogen functional groups attached to an aromatic ring is 1. The summed E-state index contributed by atoms with van der Waals surface area (Å²) in [5, 5.41) is 0.678. The second kappa shape index (κ2) is 3.35. The highest BCUT2D eigenvalue weighted by Gasteiger charge is 2.12. The van der Waals surface area contributed by atoms with E-state index < -0.39 is 5.82 Å². The molecule has 0 spiro atoms. The quantitative estimate of drug-likeness (QED) is 0.746. The molecule has 0 aliphatic heterocycles. The fourth-order valence-electron chi connectivity index (χ4n) is 1.52. The highest BCUT2D eigenvalue weighted by atomic mass is 35.5. The largest absolute Gasteiger partial charge is 0.398 e. The topological polar surface area (TPSA) is 38.9 Å². The molecule has 0 unspecified atom stereocenters. The normalized spacial score (nSPS) is 10.9. The summed E-state index contributed by atoms with van der Waals surface area (Å²) < 4.78 is 13.6. The SMILES string of the molecule is Cc1nc2c(F)c(Cl)ccc2c(N)c1C. The molecule has 0 radical (unpaired) electrons. The van der Waals surface area contributed by atoms with E-state index in [2.05, 4.69) is 4.98 Å². The molecular weight excluding hydrogens is 215 g/mol. The van der Waals surface area contributed by atoms with Crippen molar-refractivity contribution < 1.29 is 4.39 Å². The van der Waals surface area contributed by atoms with E-state index >= 15 is 0 Å². The van der Waals surface area contributed by atoms with Crippen LogP contribution in [0.4, 0.5) is 10.1 Å². The Bertz CT molecular complexity index is 552. The monoisotopic (exact) mass is 224 g/mol. The van der Waals surface area contributed by atoms with Crippen LogP contribution < -0.4 is 5.73 Å².